The molecule has 2 aromatic heterocycles. The molecule has 0 spiro atoms. The summed E-state index contributed by atoms with van der Waals surface area (Å²) in [6.07, 6.45) is 0. The average Bonchev–Trinajstić information content (AvgIpc) is 3.10. The summed E-state index contributed by atoms with van der Waals surface area (Å²) in [5.41, 5.74) is 0.885. The average molecular weight is 361 g/mol. The number of benzene rings is 1. The molecule has 1 amide bonds. The second-order valence-corrected chi connectivity index (χ2v) is 6.36. The highest BCUT2D eigenvalue weighted by atomic mass is 35.5. The van der Waals surface area contributed by atoms with Gasteiger partial charge in [0.1, 0.15) is 5.15 Å². The summed E-state index contributed by atoms with van der Waals surface area (Å²) in [5.74, 6) is -0.969. The molecular weight excluding hydrogens is 348 g/mol. The third kappa shape index (κ3) is 3.90. The van der Waals surface area contributed by atoms with E-state index in [1.54, 1.807) is 35.6 Å². The first kappa shape index (κ1) is 16.4. The van der Waals surface area contributed by atoms with Gasteiger partial charge in [0.2, 0.25) is 0 Å². The van der Waals surface area contributed by atoms with Crippen molar-refractivity contribution < 1.29 is 14.3 Å². The van der Waals surface area contributed by atoms with Crippen molar-refractivity contribution in [1.82, 2.24) is 10.3 Å². The van der Waals surface area contributed by atoms with E-state index in [0.717, 1.165) is 4.88 Å². The number of thiophene rings is 1. The van der Waals surface area contributed by atoms with Gasteiger partial charge in [0.05, 0.1) is 17.6 Å². The molecule has 0 fully saturated rings. The number of carbonyl (C=O) groups excluding carboxylic acids is 2. The van der Waals surface area contributed by atoms with Crippen molar-refractivity contribution in [3.8, 4) is 0 Å². The zero-order valence-electron chi connectivity index (χ0n) is 12.5. The van der Waals surface area contributed by atoms with E-state index in [-0.39, 0.29) is 23.2 Å². The molecule has 3 aromatic rings. The van der Waals surface area contributed by atoms with Crippen molar-refractivity contribution in [1.29, 1.82) is 0 Å². The molecule has 0 aliphatic carbocycles. The second-order valence-electron chi connectivity index (χ2n) is 4.94. The van der Waals surface area contributed by atoms with Gasteiger partial charge < -0.3 is 10.1 Å². The molecule has 0 bridgehead atoms. The first-order valence-corrected chi connectivity index (χ1v) is 8.41. The van der Waals surface area contributed by atoms with Crippen molar-refractivity contribution in [3.05, 3.63) is 63.4 Å². The van der Waals surface area contributed by atoms with Crippen molar-refractivity contribution in [2.75, 3.05) is 6.61 Å². The third-order valence-corrected chi connectivity index (χ3v) is 4.35. The number of hydrogen-bond donors (Lipinski definition) is 1. The lowest BCUT2D eigenvalue weighted by Crippen LogP contribution is -2.28. The van der Waals surface area contributed by atoms with Gasteiger partial charge in [0, 0.05) is 10.3 Å². The molecule has 0 unspecified atom stereocenters. The molecule has 5 nitrogen and oxygen atoms in total. The van der Waals surface area contributed by atoms with Gasteiger partial charge in [-0.3, -0.25) is 4.79 Å². The molecule has 0 aliphatic rings. The van der Waals surface area contributed by atoms with Gasteiger partial charge in [-0.15, -0.1) is 11.3 Å². The lowest BCUT2D eigenvalue weighted by atomic mass is 10.1. The highest BCUT2D eigenvalue weighted by molar-refractivity contribution is 7.09. The van der Waals surface area contributed by atoms with Crippen LogP contribution >= 0.6 is 22.9 Å². The molecule has 24 heavy (non-hydrogen) atoms. The molecule has 122 valence electrons. The minimum absolute atomic E-state index is 0.197. The Bertz CT molecular complexity index is 881. The fraction of sp³-hybridized carbons (Fsp3) is 0.118. The number of aromatic nitrogens is 1. The molecule has 0 radical (unpaired) electrons. The van der Waals surface area contributed by atoms with Crippen LogP contribution in [0.4, 0.5) is 0 Å². The largest absolute Gasteiger partial charge is 0.452 e. The lowest BCUT2D eigenvalue weighted by Gasteiger charge is -2.08. The Kier molecular flexibility index (Phi) is 5.08. The van der Waals surface area contributed by atoms with E-state index >= 15 is 0 Å². The van der Waals surface area contributed by atoms with Gasteiger partial charge in [0.15, 0.2) is 6.61 Å². The predicted molar refractivity (Wildman–Crippen MR) is 93.2 cm³/mol. The van der Waals surface area contributed by atoms with Crippen LogP contribution in [0.3, 0.4) is 0 Å². The molecule has 1 aromatic carbocycles. The number of pyridine rings is 1. The van der Waals surface area contributed by atoms with Crippen LogP contribution in [-0.2, 0) is 16.1 Å². The van der Waals surface area contributed by atoms with Gasteiger partial charge >= 0.3 is 5.97 Å². The lowest BCUT2D eigenvalue weighted by molar-refractivity contribution is -0.124. The first-order valence-electron chi connectivity index (χ1n) is 7.15. The Morgan fingerprint density at radius 2 is 2.04 bits per heavy atom. The van der Waals surface area contributed by atoms with Gasteiger partial charge in [0.25, 0.3) is 5.91 Å². The predicted octanol–water partition coefficient (Wildman–Crippen LogP) is 3.42. The van der Waals surface area contributed by atoms with E-state index in [9.17, 15) is 9.59 Å². The molecule has 0 aliphatic heterocycles. The summed E-state index contributed by atoms with van der Waals surface area (Å²) in [4.78, 5) is 29.2. The zero-order valence-corrected chi connectivity index (χ0v) is 14.1. The summed E-state index contributed by atoms with van der Waals surface area (Å²) >= 11 is 7.49. The van der Waals surface area contributed by atoms with E-state index in [1.807, 2.05) is 17.5 Å². The number of carbonyl (C=O) groups is 2. The summed E-state index contributed by atoms with van der Waals surface area (Å²) in [7, 11) is 0. The van der Waals surface area contributed by atoms with Gasteiger partial charge in [-0.1, -0.05) is 35.9 Å². The molecule has 0 saturated heterocycles. The molecule has 0 atom stereocenters. The number of nitrogens with zero attached hydrogens (tertiary/aromatic N) is 1. The van der Waals surface area contributed by atoms with Gasteiger partial charge in [-0.25, -0.2) is 9.78 Å². The number of ether oxygens (including phenoxy) is 1. The zero-order chi connectivity index (χ0) is 16.9. The van der Waals surface area contributed by atoms with Crippen LogP contribution in [0, 0.1) is 0 Å². The SMILES string of the molecule is O=C(COC(=O)c1cc(Cl)nc2ccccc12)NCc1cccs1. The van der Waals surface area contributed by atoms with E-state index < -0.39 is 5.97 Å². The Hall–Kier alpha value is -2.44. The van der Waals surface area contributed by atoms with Crippen molar-refractivity contribution >= 4 is 45.7 Å². The van der Waals surface area contributed by atoms with Crippen molar-refractivity contribution in [3.63, 3.8) is 0 Å². The van der Waals surface area contributed by atoms with Crippen LogP contribution in [0.5, 0.6) is 0 Å². The summed E-state index contributed by atoms with van der Waals surface area (Å²) < 4.78 is 5.09. The van der Waals surface area contributed by atoms with E-state index in [0.29, 0.717) is 17.4 Å². The Morgan fingerprint density at radius 1 is 1.21 bits per heavy atom. The minimum Gasteiger partial charge on any atom is -0.452 e. The van der Waals surface area contributed by atoms with Gasteiger partial charge in [-0.2, -0.15) is 0 Å². The Balaban J connectivity index is 1.64. The van der Waals surface area contributed by atoms with Crippen LogP contribution in [0.2, 0.25) is 5.15 Å². The van der Waals surface area contributed by atoms with Crippen LogP contribution in [0.1, 0.15) is 15.2 Å². The molecule has 0 saturated carbocycles. The Morgan fingerprint density at radius 3 is 2.83 bits per heavy atom. The summed E-state index contributed by atoms with van der Waals surface area (Å²) in [6.45, 7) is 0.0660. The quantitative estimate of drug-likeness (QED) is 0.559. The van der Waals surface area contributed by atoms with Crippen molar-refractivity contribution in [2.24, 2.45) is 0 Å². The number of hydrogen-bond acceptors (Lipinski definition) is 5. The smallest absolute Gasteiger partial charge is 0.339 e. The first-order chi connectivity index (χ1) is 11.6. The number of rotatable bonds is 5. The highest BCUT2D eigenvalue weighted by Crippen LogP contribution is 2.21. The second kappa shape index (κ2) is 7.42. The number of fused-ring (bicyclic) bond motifs is 1. The van der Waals surface area contributed by atoms with E-state index in [1.165, 1.54) is 6.07 Å². The normalized spacial score (nSPS) is 10.5. The highest BCUT2D eigenvalue weighted by Gasteiger charge is 2.15. The molecule has 2 heterocycles. The molecule has 3 rings (SSSR count). The molecule has 1 N–H and O–H groups in total. The fourth-order valence-electron chi connectivity index (χ4n) is 2.17. The van der Waals surface area contributed by atoms with Crippen LogP contribution in [0.15, 0.2) is 47.8 Å². The monoisotopic (exact) mass is 360 g/mol. The number of amides is 1. The van der Waals surface area contributed by atoms with Crippen LogP contribution < -0.4 is 5.32 Å². The van der Waals surface area contributed by atoms with Crippen LogP contribution in [-0.4, -0.2) is 23.5 Å². The topological polar surface area (TPSA) is 68.3 Å². The van der Waals surface area contributed by atoms with E-state index in [2.05, 4.69) is 10.3 Å². The van der Waals surface area contributed by atoms with Gasteiger partial charge in [-0.05, 0) is 23.6 Å². The maximum Gasteiger partial charge on any atom is 0.339 e. The molecule has 7 heteroatoms. The third-order valence-electron chi connectivity index (χ3n) is 3.28. The minimum atomic E-state index is -0.609. The maximum absolute atomic E-state index is 12.3. The number of para-hydroxylation sites is 1. The standard InChI is InChI=1S/C17H13ClN2O3S/c18-15-8-13(12-5-1-2-6-14(12)20-15)17(22)23-10-16(21)19-9-11-4-3-7-24-11/h1-8H,9-10H2,(H,19,21). The molecular formula is C17H13ClN2O3S. The summed E-state index contributed by atoms with van der Waals surface area (Å²) in [6, 6.07) is 12.4. The number of halogens is 1. The van der Waals surface area contributed by atoms with E-state index in [4.69, 9.17) is 16.3 Å². The van der Waals surface area contributed by atoms with Crippen molar-refractivity contribution in [2.45, 2.75) is 6.54 Å². The fourth-order valence-corrected chi connectivity index (χ4v) is 3.02. The maximum atomic E-state index is 12.3. The number of esters is 1. The van der Waals surface area contributed by atoms with Crippen LogP contribution in [0.25, 0.3) is 10.9 Å². The Labute approximate surface area is 147 Å². The number of nitrogens with one attached hydrogen (secondary N) is 1. The summed E-state index contributed by atoms with van der Waals surface area (Å²) in [5, 5.41) is 5.45.